The SMILES string of the molecule is CC(=O)CC1CC(C)CC23OC[C@@H](CC12S(=O)(=O)c1ccccc1)O3. The Balaban J connectivity index is 1.91. The molecule has 3 aliphatic rings. The molecule has 6 heteroatoms. The first-order chi connectivity index (χ1) is 11.8. The van der Waals surface area contributed by atoms with Crippen molar-refractivity contribution in [2.75, 3.05) is 6.61 Å². The van der Waals surface area contributed by atoms with Crippen LogP contribution < -0.4 is 0 Å². The molecular weight excluding hydrogens is 340 g/mol. The van der Waals surface area contributed by atoms with Crippen LogP contribution in [0.15, 0.2) is 35.2 Å². The fraction of sp³-hybridized carbons (Fsp3) is 0.632. The molecule has 25 heavy (non-hydrogen) atoms. The summed E-state index contributed by atoms with van der Waals surface area (Å²) in [5, 5.41) is 0. The zero-order valence-electron chi connectivity index (χ0n) is 14.6. The standard InChI is InChI=1S/C19H24O5S/c1-13-8-15(9-14(2)20)18(11-16-12-23-19(18,10-13)24-16)25(21,22)17-6-4-3-5-7-17/h3-7,13,15-16H,8-12H2,1-2H3/t13?,15?,16-,18?,19?/m1/s1. The molecule has 1 aromatic carbocycles. The zero-order valence-corrected chi connectivity index (χ0v) is 15.4. The molecule has 2 bridgehead atoms. The topological polar surface area (TPSA) is 69.7 Å². The lowest BCUT2D eigenvalue weighted by Gasteiger charge is -2.52. The average molecular weight is 364 g/mol. The Hall–Kier alpha value is -1.24. The van der Waals surface area contributed by atoms with Crippen molar-refractivity contribution < 1.29 is 22.7 Å². The molecule has 4 unspecified atom stereocenters. The maximum absolute atomic E-state index is 13.8. The third-order valence-corrected chi connectivity index (χ3v) is 8.73. The fourth-order valence-electron chi connectivity index (χ4n) is 5.30. The molecule has 3 fully saturated rings. The summed E-state index contributed by atoms with van der Waals surface area (Å²) in [5.41, 5.74) is 0. The van der Waals surface area contributed by atoms with E-state index < -0.39 is 20.4 Å². The van der Waals surface area contributed by atoms with Gasteiger partial charge in [0.15, 0.2) is 15.6 Å². The van der Waals surface area contributed by atoms with Crippen LogP contribution in [0.2, 0.25) is 0 Å². The first-order valence-corrected chi connectivity index (χ1v) is 10.4. The molecule has 2 saturated heterocycles. The lowest BCUT2D eigenvalue weighted by atomic mass is 9.67. The molecule has 0 radical (unpaired) electrons. The number of carbonyl (C=O) groups is 1. The van der Waals surface area contributed by atoms with Crippen molar-refractivity contribution in [3.8, 4) is 0 Å². The molecule has 5 atom stereocenters. The van der Waals surface area contributed by atoms with Crippen LogP contribution in [0.4, 0.5) is 0 Å². The van der Waals surface area contributed by atoms with E-state index in [-0.39, 0.29) is 35.0 Å². The molecule has 2 heterocycles. The lowest BCUT2D eigenvalue weighted by Crippen LogP contribution is -2.65. The van der Waals surface area contributed by atoms with Crippen molar-refractivity contribution in [1.82, 2.24) is 0 Å². The molecule has 0 amide bonds. The van der Waals surface area contributed by atoms with Gasteiger partial charge in [0.1, 0.15) is 10.5 Å². The average Bonchev–Trinajstić information content (AvgIpc) is 3.10. The van der Waals surface area contributed by atoms with Crippen molar-refractivity contribution in [3.63, 3.8) is 0 Å². The second kappa shape index (κ2) is 5.63. The van der Waals surface area contributed by atoms with Gasteiger partial charge in [-0.3, -0.25) is 0 Å². The van der Waals surface area contributed by atoms with Gasteiger partial charge in [0.2, 0.25) is 0 Å². The number of benzene rings is 1. The minimum Gasteiger partial charge on any atom is -0.346 e. The Morgan fingerprint density at radius 2 is 1.96 bits per heavy atom. The Morgan fingerprint density at radius 3 is 2.60 bits per heavy atom. The van der Waals surface area contributed by atoms with E-state index in [0.717, 1.165) is 0 Å². The summed E-state index contributed by atoms with van der Waals surface area (Å²) in [7, 11) is -3.72. The van der Waals surface area contributed by atoms with Gasteiger partial charge in [-0.1, -0.05) is 25.1 Å². The van der Waals surface area contributed by atoms with E-state index in [1.54, 1.807) is 30.3 Å². The van der Waals surface area contributed by atoms with Gasteiger partial charge in [0.25, 0.3) is 0 Å². The predicted octanol–water partition coefficient (Wildman–Crippen LogP) is 2.74. The van der Waals surface area contributed by atoms with Crippen LogP contribution in [-0.2, 0) is 24.1 Å². The molecular formula is C19H24O5S. The molecule has 136 valence electrons. The smallest absolute Gasteiger partial charge is 0.189 e. The van der Waals surface area contributed by atoms with Gasteiger partial charge < -0.3 is 14.3 Å². The predicted molar refractivity (Wildman–Crippen MR) is 91.7 cm³/mol. The molecule has 1 aliphatic carbocycles. The first kappa shape index (κ1) is 17.2. The quantitative estimate of drug-likeness (QED) is 0.822. The highest BCUT2D eigenvalue weighted by Gasteiger charge is 2.75. The number of hydrogen-bond acceptors (Lipinski definition) is 5. The minimum absolute atomic E-state index is 0.0136. The molecule has 1 aromatic rings. The van der Waals surface area contributed by atoms with E-state index in [1.807, 2.05) is 0 Å². The van der Waals surface area contributed by atoms with Crippen molar-refractivity contribution in [3.05, 3.63) is 30.3 Å². The number of hydrogen-bond donors (Lipinski definition) is 0. The molecule has 1 saturated carbocycles. The Bertz CT molecular complexity index is 789. The van der Waals surface area contributed by atoms with E-state index in [1.165, 1.54) is 6.92 Å². The summed E-state index contributed by atoms with van der Waals surface area (Å²) in [4.78, 5) is 12.2. The molecule has 4 rings (SSSR count). The monoisotopic (exact) mass is 364 g/mol. The summed E-state index contributed by atoms with van der Waals surface area (Å²) in [6, 6.07) is 8.53. The number of ketones is 1. The van der Waals surface area contributed by atoms with Crippen LogP contribution in [0.1, 0.15) is 39.5 Å². The van der Waals surface area contributed by atoms with E-state index in [9.17, 15) is 13.2 Å². The summed E-state index contributed by atoms with van der Waals surface area (Å²) < 4.78 is 38.6. The molecule has 5 nitrogen and oxygen atoms in total. The highest BCUT2D eigenvalue weighted by molar-refractivity contribution is 7.93. The molecule has 2 aliphatic heterocycles. The van der Waals surface area contributed by atoms with Crippen molar-refractivity contribution >= 4 is 15.6 Å². The number of sulfone groups is 1. The van der Waals surface area contributed by atoms with Crippen LogP contribution in [0, 0.1) is 11.8 Å². The van der Waals surface area contributed by atoms with Gasteiger partial charge in [-0.25, -0.2) is 8.42 Å². The minimum atomic E-state index is -3.72. The van der Waals surface area contributed by atoms with Crippen molar-refractivity contribution in [2.45, 2.75) is 61.1 Å². The highest BCUT2D eigenvalue weighted by Crippen LogP contribution is 2.62. The third kappa shape index (κ3) is 2.27. The largest absolute Gasteiger partial charge is 0.346 e. The normalized spacial score (nSPS) is 40.0. The maximum atomic E-state index is 13.8. The number of ether oxygens (including phenoxy) is 2. The van der Waals surface area contributed by atoms with Crippen LogP contribution in [0.25, 0.3) is 0 Å². The number of rotatable bonds is 4. The lowest BCUT2D eigenvalue weighted by molar-refractivity contribution is -0.201. The fourth-order valence-corrected chi connectivity index (χ4v) is 7.86. The Kier molecular flexibility index (Phi) is 3.87. The zero-order chi connectivity index (χ0) is 17.9. The van der Waals surface area contributed by atoms with Gasteiger partial charge >= 0.3 is 0 Å². The first-order valence-electron chi connectivity index (χ1n) is 8.92. The summed E-state index contributed by atoms with van der Waals surface area (Å²) in [6.45, 7) is 4.05. The van der Waals surface area contributed by atoms with E-state index >= 15 is 0 Å². The van der Waals surface area contributed by atoms with Crippen LogP contribution in [0.5, 0.6) is 0 Å². The summed E-state index contributed by atoms with van der Waals surface area (Å²) in [6.07, 6.45) is 1.71. The van der Waals surface area contributed by atoms with Crippen molar-refractivity contribution in [1.29, 1.82) is 0 Å². The van der Waals surface area contributed by atoms with Gasteiger partial charge in [-0.15, -0.1) is 0 Å². The van der Waals surface area contributed by atoms with Crippen molar-refractivity contribution in [2.24, 2.45) is 11.8 Å². The second-order valence-corrected chi connectivity index (χ2v) is 10.1. The summed E-state index contributed by atoms with van der Waals surface area (Å²) >= 11 is 0. The van der Waals surface area contributed by atoms with Crippen LogP contribution in [0.3, 0.4) is 0 Å². The van der Waals surface area contributed by atoms with Crippen LogP contribution in [-0.4, -0.2) is 37.4 Å². The van der Waals surface area contributed by atoms with E-state index in [2.05, 4.69) is 6.92 Å². The van der Waals surface area contributed by atoms with Gasteiger partial charge in [-0.05, 0) is 37.3 Å². The van der Waals surface area contributed by atoms with E-state index in [4.69, 9.17) is 9.47 Å². The number of carbonyl (C=O) groups excluding carboxylic acids is 1. The Labute approximate surface area is 148 Å². The maximum Gasteiger partial charge on any atom is 0.189 e. The highest BCUT2D eigenvalue weighted by atomic mass is 32.2. The molecule has 1 spiro atoms. The number of Topliss-reactive ketones (excluding diaryl/α,β-unsaturated/α-hetero) is 1. The van der Waals surface area contributed by atoms with E-state index in [0.29, 0.717) is 25.9 Å². The molecule has 0 aromatic heterocycles. The Morgan fingerprint density at radius 1 is 1.24 bits per heavy atom. The van der Waals surface area contributed by atoms with Gasteiger partial charge in [0, 0.05) is 19.3 Å². The van der Waals surface area contributed by atoms with Crippen LogP contribution >= 0.6 is 0 Å². The van der Waals surface area contributed by atoms with Gasteiger partial charge in [-0.2, -0.15) is 0 Å². The molecule has 0 N–H and O–H groups in total. The summed E-state index contributed by atoms with van der Waals surface area (Å²) in [5.74, 6) is -1.14. The van der Waals surface area contributed by atoms with Gasteiger partial charge in [0.05, 0.1) is 17.6 Å². The second-order valence-electron chi connectivity index (χ2n) is 7.86. The third-order valence-electron chi connectivity index (χ3n) is 6.07. The number of fused-ring (bicyclic) bond motifs is 1.